The number of hydrogen-bond donors (Lipinski definition) is 2. The summed E-state index contributed by atoms with van der Waals surface area (Å²) in [4.78, 5) is 10.9. The maximum Gasteiger partial charge on any atom is 0.267 e. The van der Waals surface area contributed by atoms with E-state index in [0.717, 1.165) is 18.7 Å². The average Bonchev–Trinajstić information content (AvgIpc) is 2.77. The molecule has 0 aromatic heterocycles. The van der Waals surface area contributed by atoms with Gasteiger partial charge in [-0.25, -0.2) is 9.79 Å². The largest absolute Gasteiger partial charge is 0.288 e. The van der Waals surface area contributed by atoms with Gasteiger partial charge in [-0.2, -0.15) is 0 Å². The van der Waals surface area contributed by atoms with Crippen LogP contribution in [0.3, 0.4) is 0 Å². The first-order valence-electron chi connectivity index (χ1n) is 5.26. The topological polar surface area (TPSA) is 52.6 Å². The SMILES string of the molecule is CSN1Cc2ccc(/C=C/C(=O)NO)cc2C1. The molecule has 4 nitrogen and oxygen atoms in total. The van der Waals surface area contributed by atoms with Gasteiger partial charge in [-0.15, -0.1) is 0 Å². The van der Waals surface area contributed by atoms with Crippen molar-refractivity contribution in [3.05, 3.63) is 41.0 Å². The van der Waals surface area contributed by atoms with E-state index in [0.29, 0.717) is 0 Å². The molecule has 2 rings (SSSR count). The lowest BCUT2D eigenvalue weighted by atomic mass is 10.1. The summed E-state index contributed by atoms with van der Waals surface area (Å²) < 4.78 is 2.28. The fraction of sp³-hybridized carbons (Fsp3) is 0.250. The third kappa shape index (κ3) is 2.88. The van der Waals surface area contributed by atoms with E-state index in [2.05, 4.69) is 22.7 Å². The number of nitrogens with one attached hydrogen (secondary N) is 1. The van der Waals surface area contributed by atoms with E-state index >= 15 is 0 Å². The quantitative estimate of drug-likeness (QED) is 0.372. The summed E-state index contributed by atoms with van der Waals surface area (Å²) in [5.74, 6) is -0.517. The van der Waals surface area contributed by atoms with Gasteiger partial charge in [0.15, 0.2) is 0 Å². The van der Waals surface area contributed by atoms with Gasteiger partial charge in [-0.3, -0.25) is 10.0 Å². The number of fused-ring (bicyclic) bond motifs is 1. The highest BCUT2D eigenvalue weighted by molar-refractivity contribution is 7.96. The summed E-state index contributed by atoms with van der Waals surface area (Å²) >= 11 is 1.73. The van der Waals surface area contributed by atoms with Crippen LogP contribution in [-0.4, -0.2) is 21.7 Å². The number of benzene rings is 1. The Morgan fingerprint density at radius 3 is 2.94 bits per heavy atom. The molecule has 1 aliphatic heterocycles. The molecule has 0 saturated carbocycles. The maximum absolute atomic E-state index is 10.9. The lowest BCUT2D eigenvalue weighted by Gasteiger charge is -2.07. The van der Waals surface area contributed by atoms with E-state index in [1.165, 1.54) is 17.2 Å². The summed E-state index contributed by atoms with van der Waals surface area (Å²) in [6.45, 7) is 1.90. The molecule has 5 heteroatoms. The molecule has 1 aromatic rings. The first kappa shape index (κ1) is 12.2. The van der Waals surface area contributed by atoms with Crippen molar-refractivity contribution >= 4 is 23.9 Å². The van der Waals surface area contributed by atoms with E-state index in [1.54, 1.807) is 23.5 Å². The Morgan fingerprint density at radius 2 is 2.24 bits per heavy atom. The normalized spacial score (nSPS) is 15.2. The number of hydroxylamine groups is 1. The Morgan fingerprint density at radius 1 is 1.47 bits per heavy atom. The van der Waals surface area contributed by atoms with Crippen LogP contribution in [0.4, 0.5) is 0 Å². The molecule has 0 unspecified atom stereocenters. The smallest absolute Gasteiger partial charge is 0.267 e. The zero-order valence-corrected chi connectivity index (χ0v) is 10.3. The molecule has 17 heavy (non-hydrogen) atoms. The summed E-state index contributed by atoms with van der Waals surface area (Å²) in [5, 5.41) is 8.37. The lowest BCUT2D eigenvalue weighted by molar-refractivity contribution is -0.124. The van der Waals surface area contributed by atoms with E-state index in [1.807, 2.05) is 6.07 Å². The van der Waals surface area contributed by atoms with Gasteiger partial charge in [0.2, 0.25) is 0 Å². The standard InChI is InChI=1S/C12H14N2O2S/c1-17-14-7-10-4-2-9(6-11(10)8-14)3-5-12(15)13-16/h2-6,16H,7-8H2,1H3,(H,13,15)/b5-3+. The van der Waals surface area contributed by atoms with Gasteiger partial charge in [0.05, 0.1) is 0 Å². The predicted molar refractivity (Wildman–Crippen MR) is 68.2 cm³/mol. The highest BCUT2D eigenvalue weighted by Crippen LogP contribution is 2.27. The molecule has 90 valence electrons. The predicted octanol–water partition coefficient (Wildman–Crippen LogP) is 1.80. The van der Waals surface area contributed by atoms with Crippen LogP contribution in [0.2, 0.25) is 0 Å². The number of hydrogen-bond acceptors (Lipinski definition) is 4. The Bertz CT molecular complexity index is 460. The molecule has 0 saturated heterocycles. The average molecular weight is 250 g/mol. The first-order valence-corrected chi connectivity index (χ1v) is 6.44. The maximum atomic E-state index is 10.9. The molecule has 0 fully saturated rings. The van der Waals surface area contributed by atoms with Crippen LogP contribution < -0.4 is 5.48 Å². The van der Waals surface area contributed by atoms with Crippen molar-refractivity contribution in [2.75, 3.05) is 6.26 Å². The van der Waals surface area contributed by atoms with Gasteiger partial charge in [-0.1, -0.05) is 30.1 Å². The Hall–Kier alpha value is -1.30. The second-order valence-electron chi connectivity index (χ2n) is 3.82. The molecule has 1 amide bonds. The van der Waals surface area contributed by atoms with Crippen LogP contribution in [0, 0.1) is 0 Å². The highest BCUT2D eigenvalue weighted by atomic mass is 32.2. The number of nitrogens with zero attached hydrogens (tertiary/aromatic N) is 1. The number of carbonyl (C=O) groups is 1. The minimum Gasteiger partial charge on any atom is -0.288 e. The number of rotatable bonds is 3. The fourth-order valence-electron chi connectivity index (χ4n) is 1.83. The molecule has 0 radical (unpaired) electrons. The van der Waals surface area contributed by atoms with Crippen molar-refractivity contribution in [3.8, 4) is 0 Å². The Labute approximate surface area is 104 Å². The Balaban J connectivity index is 2.13. The molecule has 0 aliphatic carbocycles. The van der Waals surface area contributed by atoms with E-state index in [4.69, 9.17) is 5.21 Å². The van der Waals surface area contributed by atoms with Gasteiger partial charge in [0.25, 0.3) is 5.91 Å². The van der Waals surface area contributed by atoms with Crippen molar-refractivity contribution in [2.24, 2.45) is 0 Å². The molecule has 1 aromatic carbocycles. The molecular weight excluding hydrogens is 236 g/mol. The molecule has 0 atom stereocenters. The fourth-order valence-corrected chi connectivity index (χ4v) is 2.36. The van der Waals surface area contributed by atoms with Crippen LogP contribution in [0.15, 0.2) is 24.3 Å². The van der Waals surface area contributed by atoms with Gasteiger partial charge >= 0.3 is 0 Å². The highest BCUT2D eigenvalue weighted by Gasteiger charge is 2.17. The van der Waals surface area contributed by atoms with Crippen LogP contribution in [0.25, 0.3) is 6.08 Å². The van der Waals surface area contributed by atoms with Gasteiger partial charge in [0.1, 0.15) is 0 Å². The molecule has 1 heterocycles. The minimum absolute atomic E-state index is 0.517. The second-order valence-corrected chi connectivity index (χ2v) is 4.70. The van der Waals surface area contributed by atoms with Crippen molar-refractivity contribution in [1.29, 1.82) is 0 Å². The molecular formula is C12H14N2O2S. The summed E-state index contributed by atoms with van der Waals surface area (Å²) in [7, 11) is 0. The van der Waals surface area contributed by atoms with Gasteiger partial charge < -0.3 is 0 Å². The molecule has 2 N–H and O–H groups in total. The van der Waals surface area contributed by atoms with Crippen molar-refractivity contribution in [1.82, 2.24) is 9.79 Å². The van der Waals surface area contributed by atoms with E-state index in [-0.39, 0.29) is 0 Å². The zero-order valence-electron chi connectivity index (χ0n) is 9.51. The van der Waals surface area contributed by atoms with Crippen molar-refractivity contribution in [3.63, 3.8) is 0 Å². The molecule has 0 bridgehead atoms. The van der Waals surface area contributed by atoms with E-state index in [9.17, 15) is 4.79 Å². The number of amides is 1. The minimum atomic E-state index is -0.517. The summed E-state index contributed by atoms with van der Waals surface area (Å²) in [5.41, 5.74) is 5.17. The third-order valence-electron chi connectivity index (χ3n) is 2.72. The summed E-state index contributed by atoms with van der Waals surface area (Å²) in [6.07, 6.45) is 5.06. The number of carbonyl (C=O) groups excluding carboxylic acids is 1. The van der Waals surface area contributed by atoms with Gasteiger partial charge in [0, 0.05) is 19.2 Å². The van der Waals surface area contributed by atoms with Crippen LogP contribution in [0.5, 0.6) is 0 Å². The van der Waals surface area contributed by atoms with Crippen LogP contribution >= 0.6 is 11.9 Å². The lowest BCUT2D eigenvalue weighted by Crippen LogP contribution is -2.14. The van der Waals surface area contributed by atoms with Crippen molar-refractivity contribution < 1.29 is 10.0 Å². The van der Waals surface area contributed by atoms with Crippen LogP contribution in [0.1, 0.15) is 16.7 Å². The van der Waals surface area contributed by atoms with Gasteiger partial charge in [-0.05, 0) is 29.0 Å². The molecule has 1 aliphatic rings. The Kier molecular flexibility index (Phi) is 3.83. The van der Waals surface area contributed by atoms with Crippen LogP contribution in [-0.2, 0) is 17.9 Å². The van der Waals surface area contributed by atoms with E-state index < -0.39 is 5.91 Å². The third-order valence-corrected chi connectivity index (χ3v) is 3.49. The first-order chi connectivity index (χ1) is 8.22. The zero-order chi connectivity index (χ0) is 12.3. The summed E-state index contributed by atoms with van der Waals surface area (Å²) in [6, 6.07) is 6.14. The monoisotopic (exact) mass is 250 g/mol. The molecule has 0 spiro atoms. The second kappa shape index (κ2) is 5.35. The van der Waals surface area contributed by atoms with Crippen molar-refractivity contribution in [2.45, 2.75) is 13.1 Å².